The molecule has 104 valence electrons. The summed E-state index contributed by atoms with van der Waals surface area (Å²) >= 11 is 1.33. The van der Waals surface area contributed by atoms with Crippen molar-refractivity contribution in [3.63, 3.8) is 0 Å². The van der Waals surface area contributed by atoms with Crippen LogP contribution in [0, 0.1) is 13.8 Å². The van der Waals surface area contributed by atoms with E-state index in [-0.39, 0.29) is 11.7 Å². The number of phenols is 1. The minimum Gasteiger partial charge on any atom is -0.507 e. The maximum absolute atomic E-state index is 12.0. The maximum Gasteiger partial charge on any atom is 0.283 e. The van der Waals surface area contributed by atoms with Crippen LogP contribution in [0.5, 0.6) is 5.75 Å². The summed E-state index contributed by atoms with van der Waals surface area (Å²) in [6.45, 7) is 5.36. The Hall–Kier alpha value is -2.21. The normalized spacial score (nSPS) is 11.4. The van der Waals surface area contributed by atoms with E-state index in [1.54, 1.807) is 38.1 Å². The van der Waals surface area contributed by atoms with E-state index in [1.165, 1.54) is 11.3 Å². The lowest BCUT2D eigenvalue weighted by Gasteiger charge is -2.04. The van der Waals surface area contributed by atoms with Gasteiger partial charge in [-0.25, -0.2) is 10.4 Å². The molecule has 2 rings (SSSR count). The zero-order chi connectivity index (χ0) is 14.7. The van der Waals surface area contributed by atoms with Crippen molar-refractivity contribution in [1.82, 2.24) is 10.4 Å². The lowest BCUT2D eigenvalue weighted by atomic mass is 10.1. The maximum atomic E-state index is 12.0. The molecule has 1 aromatic carbocycles. The molecule has 0 saturated carbocycles. The van der Waals surface area contributed by atoms with Gasteiger partial charge >= 0.3 is 0 Å². The minimum atomic E-state index is -0.289. The van der Waals surface area contributed by atoms with Gasteiger partial charge in [-0.2, -0.15) is 5.10 Å². The SMILES string of the molecule is C/C(=N\NC(=O)c1sc(C)nc1C)c1ccccc1O. The van der Waals surface area contributed by atoms with Crippen LogP contribution >= 0.6 is 11.3 Å². The number of para-hydroxylation sites is 1. The predicted molar refractivity (Wildman–Crippen MR) is 79.4 cm³/mol. The van der Waals surface area contributed by atoms with Gasteiger partial charge in [-0.15, -0.1) is 11.3 Å². The summed E-state index contributed by atoms with van der Waals surface area (Å²) in [5.41, 5.74) is 4.31. The number of aromatic hydroxyl groups is 1. The molecular weight excluding hydrogens is 274 g/mol. The highest BCUT2D eigenvalue weighted by Crippen LogP contribution is 2.18. The molecule has 5 nitrogen and oxygen atoms in total. The van der Waals surface area contributed by atoms with Gasteiger partial charge in [0.1, 0.15) is 10.6 Å². The number of aromatic nitrogens is 1. The Morgan fingerprint density at radius 3 is 2.65 bits per heavy atom. The molecule has 2 N–H and O–H groups in total. The average molecular weight is 289 g/mol. The van der Waals surface area contributed by atoms with Gasteiger partial charge in [-0.3, -0.25) is 4.79 Å². The molecule has 0 spiro atoms. The monoisotopic (exact) mass is 289 g/mol. The molecule has 0 fully saturated rings. The number of amides is 1. The number of benzene rings is 1. The Kier molecular flexibility index (Phi) is 4.14. The van der Waals surface area contributed by atoms with Gasteiger partial charge in [0.15, 0.2) is 0 Å². The summed E-state index contributed by atoms with van der Waals surface area (Å²) in [5.74, 6) is -0.157. The van der Waals surface area contributed by atoms with Crippen molar-refractivity contribution in [3.8, 4) is 5.75 Å². The Morgan fingerprint density at radius 2 is 2.05 bits per heavy atom. The third kappa shape index (κ3) is 3.03. The number of thiazole rings is 1. The average Bonchev–Trinajstić information content (AvgIpc) is 2.75. The van der Waals surface area contributed by atoms with E-state index in [2.05, 4.69) is 15.5 Å². The fourth-order valence-corrected chi connectivity index (χ4v) is 2.58. The minimum absolute atomic E-state index is 0.132. The van der Waals surface area contributed by atoms with Gasteiger partial charge < -0.3 is 5.11 Å². The van der Waals surface area contributed by atoms with Crippen LogP contribution in [0.1, 0.15) is 32.9 Å². The highest BCUT2D eigenvalue weighted by Gasteiger charge is 2.13. The van der Waals surface area contributed by atoms with E-state index in [1.807, 2.05) is 6.92 Å². The van der Waals surface area contributed by atoms with Gasteiger partial charge in [-0.1, -0.05) is 12.1 Å². The van der Waals surface area contributed by atoms with Gasteiger partial charge in [0.25, 0.3) is 5.91 Å². The van der Waals surface area contributed by atoms with Gasteiger partial charge in [0.2, 0.25) is 0 Å². The zero-order valence-corrected chi connectivity index (χ0v) is 12.3. The number of hydrogen-bond donors (Lipinski definition) is 2. The lowest BCUT2D eigenvalue weighted by molar-refractivity contribution is 0.0958. The molecule has 0 saturated heterocycles. The number of carbonyl (C=O) groups is 1. The second-order valence-corrected chi connectivity index (χ2v) is 5.51. The fourth-order valence-electron chi connectivity index (χ4n) is 1.77. The van der Waals surface area contributed by atoms with Crippen molar-refractivity contribution in [2.24, 2.45) is 5.10 Å². The van der Waals surface area contributed by atoms with Crippen LogP contribution in [0.15, 0.2) is 29.4 Å². The van der Waals surface area contributed by atoms with Gasteiger partial charge in [0, 0.05) is 5.56 Å². The van der Waals surface area contributed by atoms with Crippen molar-refractivity contribution in [1.29, 1.82) is 0 Å². The van der Waals surface area contributed by atoms with E-state index >= 15 is 0 Å². The molecule has 0 radical (unpaired) electrons. The summed E-state index contributed by atoms with van der Waals surface area (Å²) < 4.78 is 0. The van der Waals surface area contributed by atoms with Gasteiger partial charge in [-0.05, 0) is 32.9 Å². The first kappa shape index (κ1) is 14.2. The molecule has 0 unspecified atom stereocenters. The van der Waals surface area contributed by atoms with E-state index in [0.717, 1.165) is 5.01 Å². The van der Waals surface area contributed by atoms with Gasteiger partial charge in [0.05, 0.1) is 16.4 Å². The van der Waals surface area contributed by atoms with E-state index in [0.29, 0.717) is 21.8 Å². The predicted octanol–water partition coefficient (Wildman–Crippen LogP) is 2.62. The molecule has 1 amide bonds. The number of carbonyl (C=O) groups excluding carboxylic acids is 1. The zero-order valence-electron chi connectivity index (χ0n) is 11.5. The van der Waals surface area contributed by atoms with E-state index in [4.69, 9.17) is 0 Å². The molecule has 1 heterocycles. The molecule has 20 heavy (non-hydrogen) atoms. The fraction of sp³-hybridized carbons (Fsp3) is 0.214. The number of hydrazone groups is 1. The Balaban J connectivity index is 2.15. The third-order valence-corrected chi connectivity index (χ3v) is 3.80. The number of nitrogens with zero attached hydrogens (tertiary/aromatic N) is 2. The van der Waals surface area contributed by atoms with Crippen LogP contribution < -0.4 is 5.43 Å². The smallest absolute Gasteiger partial charge is 0.283 e. The van der Waals surface area contributed by atoms with Crippen molar-refractivity contribution < 1.29 is 9.90 Å². The molecule has 6 heteroatoms. The van der Waals surface area contributed by atoms with Crippen molar-refractivity contribution in [3.05, 3.63) is 45.4 Å². The Morgan fingerprint density at radius 1 is 1.35 bits per heavy atom. The molecule has 0 aliphatic heterocycles. The standard InChI is InChI=1S/C14H15N3O2S/c1-8(11-6-4-5-7-12(11)18)16-17-14(19)13-9(2)15-10(3)20-13/h4-7,18H,1-3H3,(H,17,19)/b16-8+. The quantitative estimate of drug-likeness (QED) is 0.673. The van der Waals surface area contributed by atoms with E-state index in [9.17, 15) is 9.90 Å². The molecule has 2 aromatic rings. The summed E-state index contributed by atoms with van der Waals surface area (Å²) in [6, 6.07) is 6.84. The molecular formula is C14H15N3O2S. The summed E-state index contributed by atoms with van der Waals surface area (Å²) in [5, 5.41) is 14.6. The van der Waals surface area contributed by atoms with Crippen molar-refractivity contribution in [2.75, 3.05) is 0 Å². The first-order valence-corrected chi connectivity index (χ1v) is 6.87. The summed E-state index contributed by atoms with van der Waals surface area (Å²) in [7, 11) is 0. The van der Waals surface area contributed by atoms with Crippen LogP contribution in [-0.4, -0.2) is 21.7 Å². The highest BCUT2D eigenvalue weighted by molar-refractivity contribution is 7.13. The molecule has 0 aliphatic rings. The summed E-state index contributed by atoms with van der Waals surface area (Å²) in [4.78, 5) is 16.7. The number of nitrogens with one attached hydrogen (secondary N) is 1. The van der Waals surface area contributed by atoms with Crippen LogP contribution in [0.4, 0.5) is 0 Å². The van der Waals surface area contributed by atoms with Crippen LogP contribution in [0.2, 0.25) is 0 Å². The number of aryl methyl sites for hydroxylation is 2. The van der Waals surface area contributed by atoms with Crippen LogP contribution in [-0.2, 0) is 0 Å². The Labute approximate surface area is 121 Å². The number of hydrogen-bond acceptors (Lipinski definition) is 5. The topological polar surface area (TPSA) is 74.6 Å². The lowest BCUT2D eigenvalue weighted by Crippen LogP contribution is -2.19. The first-order valence-electron chi connectivity index (χ1n) is 6.06. The molecule has 0 bridgehead atoms. The van der Waals surface area contributed by atoms with Crippen LogP contribution in [0.25, 0.3) is 0 Å². The largest absolute Gasteiger partial charge is 0.507 e. The summed E-state index contributed by atoms with van der Waals surface area (Å²) in [6.07, 6.45) is 0. The van der Waals surface area contributed by atoms with Crippen LogP contribution in [0.3, 0.4) is 0 Å². The van der Waals surface area contributed by atoms with Crippen molar-refractivity contribution >= 4 is 23.0 Å². The van der Waals surface area contributed by atoms with E-state index < -0.39 is 0 Å². The highest BCUT2D eigenvalue weighted by atomic mass is 32.1. The molecule has 1 aromatic heterocycles. The second kappa shape index (κ2) is 5.83. The molecule has 0 atom stereocenters. The number of phenolic OH excluding ortho intramolecular Hbond substituents is 1. The molecule has 0 aliphatic carbocycles. The number of rotatable bonds is 3. The second-order valence-electron chi connectivity index (χ2n) is 4.30. The Bertz CT molecular complexity index is 677. The third-order valence-electron chi connectivity index (χ3n) is 2.73. The van der Waals surface area contributed by atoms with Crippen molar-refractivity contribution in [2.45, 2.75) is 20.8 Å². The first-order chi connectivity index (χ1) is 9.49.